The molecule has 1 heterocycles. The van der Waals surface area contributed by atoms with Crippen molar-refractivity contribution < 1.29 is 0 Å². The molecule has 0 aliphatic heterocycles. The second-order valence-electron chi connectivity index (χ2n) is 6.67. The summed E-state index contributed by atoms with van der Waals surface area (Å²) in [6.07, 6.45) is 6.83. The van der Waals surface area contributed by atoms with Crippen molar-refractivity contribution >= 4 is 17.0 Å². The molecule has 1 fully saturated rings. The third-order valence-electron chi connectivity index (χ3n) is 4.70. The zero-order valence-electron chi connectivity index (χ0n) is 14.2. The molecule has 0 radical (unpaired) electrons. The molecular weight excluding hydrogens is 274 g/mol. The van der Waals surface area contributed by atoms with Gasteiger partial charge < -0.3 is 4.90 Å². The summed E-state index contributed by atoms with van der Waals surface area (Å²) in [4.78, 5) is 5.13. The Hall–Kier alpha value is -0.940. The predicted molar refractivity (Wildman–Crippen MR) is 95.2 cm³/mol. The van der Waals surface area contributed by atoms with Crippen molar-refractivity contribution in [2.24, 2.45) is 11.8 Å². The van der Waals surface area contributed by atoms with Crippen LogP contribution in [-0.2, 0) is 0 Å². The van der Waals surface area contributed by atoms with Gasteiger partial charge in [-0.05, 0) is 44.6 Å². The van der Waals surface area contributed by atoms with Crippen LogP contribution in [0.2, 0.25) is 0 Å². The average molecular weight is 304 g/mol. The van der Waals surface area contributed by atoms with Crippen LogP contribution >= 0.6 is 11.3 Å². The Morgan fingerprint density at radius 2 is 1.95 bits per heavy atom. The van der Waals surface area contributed by atoms with E-state index in [1.54, 1.807) is 0 Å². The highest BCUT2D eigenvalue weighted by Crippen LogP contribution is 2.35. The van der Waals surface area contributed by atoms with Crippen LogP contribution in [0.1, 0.15) is 62.6 Å². The summed E-state index contributed by atoms with van der Waals surface area (Å²) in [6, 6.07) is 3.01. The Morgan fingerprint density at radius 1 is 1.29 bits per heavy atom. The van der Waals surface area contributed by atoms with Gasteiger partial charge in [0.1, 0.15) is 0 Å². The Morgan fingerprint density at radius 3 is 2.52 bits per heavy atom. The molecule has 0 saturated heterocycles. The fourth-order valence-electron chi connectivity index (χ4n) is 3.24. The Bertz CT molecular complexity index is 509. The van der Waals surface area contributed by atoms with Gasteiger partial charge in [-0.25, -0.2) is 0 Å². The third-order valence-corrected chi connectivity index (χ3v) is 5.65. The van der Waals surface area contributed by atoms with E-state index in [-0.39, 0.29) is 0 Å². The van der Waals surface area contributed by atoms with Gasteiger partial charge in [0, 0.05) is 23.9 Å². The number of hydrogen-bond donors (Lipinski definition) is 0. The van der Waals surface area contributed by atoms with Gasteiger partial charge in [0.05, 0.1) is 10.6 Å². The smallest absolute Gasteiger partial charge is 0.0792 e. The molecule has 1 aromatic rings. The lowest BCUT2D eigenvalue weighted by Gasteiger charge is -2.35. The minimum Gasteiger partial charge on any atom is -0.371 e. The lowest BCUT2D eigenvalue weighted by molar-refractivity contribution is 0.313. The highest BCUT2D eigenvalue weighted by atomic mass is 32.1. The van der Waals surface area contributed by atoms with E-state index < -0.39 is 0 Å². The molecule has 0 amide bonds. The zero-order valence-corrected chi connectivity index (χ0v) is 15.0. The fraction of sp³-hybridized carbons (Fsp3) is 0.684. The van der Waals surface area contributed by atoms with Crippen molar-refractivity contribution in [3.05, 3.63) is 15.8 Å². The van der Waals surface area contributed by atoms with Crippen LogP contribution < -0.4 is 4.90 Å². The van der Waals surface area contributed by atoms with Crippen molar-refractivity contribution in [1.29, 1.82) is 0 Å². The Kier molecular flexibility index (Phi) is 5.76. The largest absolute Gasteiger partial charge is 0.371 e. The van der Waals surface area contributed by atoms with Crippen molar-refractivity contribution in [3.63, 3.8) is 0 Å². The lowest BCUT2D eigenvalue weighted by Crippen LogP contribution is -2.35. The average Bonchev–Trinajstić information content (AvgIpc) is 2.85. The molecular formula is C19H29NS. The highest BCUT2D eigenvalue weighted by molar-refractivity contribution is 7.13. The van der Waals surface area contributed by atoms with E-state index in [9.17, 15) is 0 Å². The quantitative estimate of drug-likeness (QED) is 0.669. The van der Waals surface area contributed by atoms with Gasteiger partial charge in [0.2, 0.25) is 0 Å². The monoisotopic (exact) mass is 303 g/mol. The van der Waals surface area contributed by atoms with E-state index in [1.807, 2.05) is 11.3 Å². The van der Waals surface area contributed by atoms with Gasteiger partial charge >= 0.3 is 0 Å². The first kappa shape index (κ1) is 16.4. The van der Waals surface area contributed by atoms with E-state index in [1.165, 1.54) is 47.5 Å². The number of nitrogens with zero attached hydrogens (tertiary/aromatic N) is 1. The van der Waals surface area contributed by atoms with E-state index >= 15 is 0 Å². The molecule has 0 spiro atoms. The molecule has 1 aliphatic rings. The van der Waals surface area contributed by atoms with Gasteiger partial charge in [0.15, 0.2) is 0 Å². The summed E-state index contributed by atoms with van der Waals surface area (Å²) >= 11 is 1.84. The summed E-state index contributed by atoms with van der Waals surface area (Å²) in [6.45, 7) is 8.85. The minimum atomic E-state index is 0.443. The second-order valence-corrected chi connectivity index (χ2v) is 7.93. The second kappa shape index (κ2) is 7.36. The standard InChI is InChI=1S/C19H29NS/c1-6-16-8-10-17(11-9-16)20(5)19-13-18(21-15(19)4)12-7-14(2)3/h13-14,16-17H,6,8-11H2,1-5H3. The molecule has 0 bridgehead atoms. The van der Waals surface area contributed by atoms with Crippen LogP contribution in [0.3, 0.4) is 0 Å². The lowest BCUT2D eigenvalue weighted by atomic mass is 9.84. The summed E-state index contributed by atoms with van der Waals surface area (Å²) < 4.78 is 0. The molecule has 21 heavy (non-hydrogen) atoms. The van der Waals surface area contributed by atoms with E-state index in [0.717, 1.165) is 5.92 Å². The minimum absolute atomic E-state index is 0.443. The highest BCUT2D eigenvalue weighted by Gasteiger charge is 2.24. The topological polar surface area (TPSA) is 3.24 Å². The molecule has 0 aromatic carbocycles. The van der Waals surface area contributed by atoms with Crippen molar-refractivity contribution in [3.8, 4) is 11.8 Å². The van der Waals surface area contributed by atoms with E-state index in [0.29, 0.717) is 12.0 Å². The number of hydrogen-bond acceptors (Lipinski definition) is 2. The van der Waals surface area contributed by atoms with Crippen molar-refractivity contribution in [2.75, 3.05) is 11.9 Å². The van der Waals surface area contributed by atoms with Crippen LogP contribution in [0.5, 0.6) is 0 Å². The van der Waals surface area contributed by atoms with Gasteiger partial charge in [-0.15, -0.1) is 11.3 Å². The Labute approximate surface area is 134 Å². The van der Waals surface area contributed by atoms with Crippen molar-refractivity contribution in [2.45, 2.75) is 65.8 Å². The Balaban J connectivity index is 2.06. The van der Waals surface area contributed by atoms with Crippen LogP contribution in [0.25, 0.3) is 0 Å². The van der Waals surface area contributed by atoms with Crippen LogP contribution in [0, 0.1) is 30.6 Å². The van der Waals surface area contributed by atoms with Gasteiger partial charge in [-0.3, -0.25) is 0 Å². The predicted octanol–water partition coefficient (Wildman–Crippen LogP) is 5.47. The van der Waals surface area contributed by atoms with E-state index in [4.69, 9.17) is 0 Å². The molecule has 1 aliphatic carbocycles. The first-order chi connectivity index (χ1) is 10.0. The normalized spacial score (nSPS) is 22.0. The number of rotatable bonds is 3. The first-order valence-corrected chi connectivity index (χ1v) is 9.17. The maximum absolute atomic E-state index is 3.32. The van der Waals surface area contributed by atoms with Crippen LogP contribution in [-0.4, -0.2) is 13.1 Å². The summed E-state index contributed by atoms with van der Waals surface area (Å²) in [5, 5.41) is 0. The molecule has 1 saturated carbocycles. The molecule has 1 aromatic heterocycles. The molecule has 0 N–H and O–H groups in total. The van der Waals surface area contributed by atoms with Crippen LogP contribution in [0.15, 0.2) is 6.07 Å². The molecule has 0 unspecified atom stereocenters. The molecule has 2 heteroatoms. The van der Waals surface area contributed by atoms with Crippen LogP contribution in [0.4, 0.5) is 5.69 Å². The van der Waals surface area contributed by atoms with Gasteiger partial charge in [-0.1, -0.05) is 39.0 Å². The molecule has 0 atom stereocenters. The number of anilines is 1. The molecule has 1 nitrogen and oxygen atoms in total. The maximum Gasteiger partial charge on any atom is 0.0792 e. The van der Waals surface area contributed by atoms with Gasteiger partial charge in [-0.2, -0.15) is 0 Å². The summed E-state index contributed by atoms with van der Waals surface area (Å²) in [5.41, 5.74) is 1.40. The maximum atomic E-state index is 3.32. The zero-order chi connectivity index (χ0) is 15.4. The molecule has 2 rings (SSSR count). The number of thiophene rings is 1. The van der Waals surface area contributed by atoms with Crippen molar-refractivity contribution in [1.82, 2.24) is 0 Å². The first-order valence-electron chi connectivity index (χ1n) is 8.36. The van der Waals surface area contributed by atoms with E-state index in [2.05, 4.69) is 57.5 Å². The third kappa shape index (κ3) is 4.27. The van der Waals surface area contributed by atoms with Gasteiger partial charge in [0.25, 0.3) is 0 Å². The molecule has 116 valence electrons. The summed E-state index contributed by atoms with van der Waals surface area (Å²) in [5.74, 6) is 8.00. The summed E-state index contributed by atoms with van der Waals surface area (Å²) in [7, 11) is 2.27. The number of aryl methyl sites for hydroxylation is 1. The SMILES string of the molecule is CCC1CCC(N(C)c2cc(C#CC(C)C)sc2C)CC1. The fourth-order valence-corrected chi connectivity index (χ4v) is 4.15.